The van der Waals surface area contributed by atoms with E-state index in [0.717, 1.165) is 23.5 Å². The minimum absolute atomic E-state index is 0.233. The van der Waals surface area contributed by atoms with Gasteiger partial charge in [0.15, 0.2) is 5.82 Å². The van der Waals surface area contributed by atoms with Crippen LogP contribution in [0.3, 0.4) is 0 Å². The van der Waals surface area contributed by atoms with Crippen molar-refractivity contribution in [1.29, 1.82) is 0 Å². The van der Waals surface area contributed by atoms with E-state index in [1.807, 2.05) is 20.8 Å². The van der Waals surface area contributed by atoms with E-state index in [-0.39, 0.29) is 12.4 Å². The highest BCUT2D eigenvalue weighted by atomic mass is 19.4. The van der Waals surface area contributed by atoms with Crippen molar-refractivity contribution in [2.24, 2.45) is 0 Å². The lowest BCUT2D eigenvalue weighted by molar-refractivity contribution is -0.177. The number of aromatic nitrogens is 2. The van der Waals surface area contributed by atoms with E-state index in [1.54, 1.807) is 0 Å². The Hall–Kier alpha value is -1.21. The molecule has 1 aromatic heterocycles. The monoisotopic (exact) mass is 277 g/mol. The van der Waals surface area contributed by atoms with Gasteiger partial charge < -0.3 is 10.1 Å². The van der Waals surface area contributed by atoms with Gasteiger partial charge in [-0.1, -0.05) is 6.92 Å². The molecule has 1 N–H and O–H groups in total. The Labute approximate surface area is 110 Å². The van der Waals surface area contributed by atoms with Crippen molar-refractivity contribution in [1.82, 2.24) is 15.3 Å². The molecule has 0 fully saturated rings. The van der Waals surface area contributed by atoms with Crippen LogP contribution in [0, 0.1) is 13.8 Å². The highest BCUT2D eigenvalue weighted by Gasteiger charge is 2.27. The lowest BCUT2D eigenvalue weighted by atomic mass is 10.1. The number of hydrogen-bond donors (Lipinski definition) is 1. The van der Waals surface area contributed by atoms with Gasteiger partial charge >= 0.3 is 6.18 Å². The van der Waals surface area contributed by atoms with Crippen LogP contribution in [0.15, 0.2) is 0 Å². The third-order valence-electron chi connectivity index (χ3n) is 2.52. The molecule has 108 valence electrons. The Morgan fingerprint density at radius 3 is 2.21 bits per heavy atom. The first-order chi connectivity index (χ1) is 8.83. The minimum Gasteiger partial charge on any atom is -0.364 e. The molecule has 7 heteroatoms. The molecule has 4 nitrogen and oxygen atoms in total. The predicted octanol–water partition coefficient (Wildman–Crippen LogP) is 2.28. The summed E-state index contributed by atoms with van der Waals surface area (Å²) >= 11 is 0. The van der Waals surface area contributed by atoms with E-state index in [1.165, 1.54) is 0 Å². The maximum atomic E-state index is 11.9. The summed E-state index contributed by atoms with van der Waals surface area (Å²) in [6.45, 7) is 5.58. The molecule has 1 rings (SSSR count). The van der Waals surface area contributed by atoms with Crippen LogP contribution < -0.4 is 5.32 Å². The van der Waals surface area contributed by atoms with Crippen LogP contribution in [0.5, 0.6) is 0 Å². The van der Waals surface area contributed by atoms with Crippen molar-refractivity contribution in [3.8, 4) is 0 Å². The molecule has 0 aliphatic heterocycles. The molecule has 0 aliphatic carbocycles. The summed E-state index contributed by atoms with van der Waals surface area (Å²) in [5.74, 6) is 0.277. The Morgan fingerprint density at radius 2 is 1.74 bits per heavy atom. The molecule has 0 saturated carbocycles. The normalized spacial score (nSPS) is 11.9. The van der Waals surface area contributed by atoms with Gasteiger partial charge in [0.2, 0.25) is 0 Å². The van der Waals surface area contributed by atoms with Crippen LogP contribution in [-0.4, -0.2) is 29.3 Å². The van der Waals surface area contributed by atoms with E-state index >= 15 is 0 Å². The van der Waals surface area contributed by atoms with Gasteiger partial charge in [0, 0.05) is 23.5 Å². The number of rotatable bonds is 6. The van der Waals surface area contributed by atoms with Gasteiger partial charge in [-0.2, -0.15) is 13.2 Å². The smallest absolute Gasteiger partial charge is 0.364 e. The molecule has 1 heterocycles. The molecule has 0 aromatic carbocycles. The fourth-order valence-electron chi connectivity index (χ4n) is 1.64. The van der Waals surface area contributed by atoms with E-state index in [9.17, 15) is 13.2 Å². The van der Waals surface area contributed by atoms with E-state index in [4.69, 9.17) is 0 Å². The summed E-state index contributed by atoms with van der Waals surface area (Å²) in [4.78, 5) is 8.33. The minimum atomic E-state index is -4.32. The number of hydrogen-bond acceptors (Lipinski definition) is 4. The van der Waals surface area contributed by atoms with Crippen LogP contribution in [0.4, 0.5) is 13.2 Å². The fourth-order valence-corrected chi connectivity index (χ4v) is 1.64. The van der Waals surface area contributed by atoms with Crippen molar-refractivity contribution in [3.63, 3.8) is 0 Å². The predicted molar refractivity (Wildman–Crippen MR) is 64.6 cm³/mol. The second-order valence-corrected chi connectivity index (χ2v) is 4.18. The zero-order valence-corrected chi connectivity index (χ0v) is 11.3. The van der Waals surface area contributed by atoms with Gasteiger partial charge in [0.1, 0.15) is 13.2 Å². The number of nitrogens with one attached hydrogen (secondary N) is 1. The molecule has 0 atom stereocenters. The first-order valence-corrected chi connectivity index (χ1v) is 6.01. The quantitative estimate of drug-likeness (QED) is 0.866. The molecule has 0 unspecified atom stereocenters. The van der Waals surface area contributed by atoms with Crippen LogP contribution >= 0.6 is 0 Å². The van der Waals surface area contributed by atoms with Crippen molar-refractivity contribution in [3.05, 3.63) is 22.8 Å². The Bertz CT molecular complexity index is 398. The SMILES string of the molecule is CCNCc1c(C)nc(COCC(F)(F)F)nc1C. The first-order valence-electron chi connectivity index (χ1n) is 6.01. The molecule has 0 saturated heterocycles. The Morgan fingerprint density at radius 1 is 1.16 bits per heavy atom. The van der Waals surface area contributed by atoms with Crippen LogP contribution in [0.25, 0.3) is 0 Å². The summed E-state index contributed by atoms with van der Waals surface area (Å²) in [5, 5.41) is 3.17. The van der Waals surface area contributed by atoms with Crippen LogP contribution in [0.1, 0.15) is 29.7 Å². The van der Waals surface area contributed by atoms with Crippen molar-refractivity contribution >= 4 is 0 Å². The third-order valence-corrected chi connectivity index (χ3v) is 2.52. The van der Waals surface area contributed by atoms with E-state index in [0.29, 0.717) is 6.54 Å². The summed E-state index contributed by atoms with van der Waals surface area (Å²) in [7, 11) is 0. The summed E-state index contributed by atoms with van der Waals surface area (Å²) in [6, 6.07) is 0. The number of aryl methyl sites for hydroxylation is 2. The molecule has 0 bridgehead atoms. The summed E-state index contributed by atoms with van der Waals surface area (Å²) in [6.07, 6.45) is -4.32. The van der Waals surface area contributed by atoms with Gasteiger partial charge in [-0.3, -0.25) is 0 Å². The Kier molecular flexibility index (Phi) is 5.68. The lowest BCUT2D eigenvalue weighted by Crippen LogP contribution is -2.19. The van der Waals surface area contributed by atoms with E-state index < -0.39 is 12.8 Å². The maximum absolute atomic E-state index is 11.9. The number of alkyl halides is 3. The maximum Gasteiger partial charge on any atom is 0.411 e. The molecular weight excluding hydrogens is 259 g/mol. The molecular formula is C12H18F3N3O. The van der Waals surface area contributed by atoms with Gasteiger partial charge in [-0.25, -0.2) is 9.97 Å². The van der Waals surface area contributed by atoms with Crippen LogP contribution in [-0.2, 0) is 17.9 Å². The largest absolute Gasteiger partial charge is 0.411 e. The topological polar surface area (TPSA) is 47.0 Å². The van der Waals surface area contributed by atoms with Crippen LogP contribution in [0.2, 0.25) is 0 Å². The zero-order chi connectivity index (χ0) is 14.5. The first kappa shape index (κ1) is 15.8. The average Bonchev–Trinajstić information content (AvgIpc) is 2.26. The molecule has 0 aliphatic rings. The number of nitrogens with zero attached hydrogens (tertiary/aromatic N) is 2. The van der Waals surface area contributed by atoms with Gasteiger partial charge in [-0.15, -0.1) is 0 Å². The molecule has 1 aromatic rings. The van der Waals surface area contributed by atoms with Gasteiger partial charge in [0.05, 0.1) is 0 Å². The fraction of sp³-hybridized carbons (Fsp3) is 0.667. The Balaban J connectivity index is 2.67. The summed E-state index contributed by atoms with van der Waals surface area (Å²) < 4.78 is 40.4. The zero-order valence-electron chi connectivity index (χ0n) is 11.3. The second-order valence-electron chi connectivity index (χ2n) is 4.18. The van der Waals surface area contributed by atoms with Crippen molar-refractivity contribution in [2.75, 3.05) is 13.2 Å². The molecule has 19 heavy (non-hydrogen) atoms. The highest BCUT2D eigenvalue weighted by molar-refractivity contribution is 5.24. The molecule has 0 amide bonds. The van der Waals surface area contributed by atoms with Gasteiger partial charge in [0.25, 0.3) is 0 Å². The third kappa shape index (κ3) is 5.52. The number of halogens is 3. The molecule has 0 spiro atoms. The van der Waals surface area contributed by atoms with E-state index in [2.05, 4.69) is 20.0 Å². The molecule has 0 radical (unpaired) electrons. The lowest BCUT2D eigenvalue weighted by Gasteiger charge is -2.12. The van der Waals surface area contributed by atoms with Crippen molar-refractivity contribution < 1.29 is 17.9 Å². The standard InChI is InChI=1S/C12H18F3N3O/c1-4-16-5-10-8(2)17-11(18-9(10)3)6-19-7-12(13,14)15/h16H,4-7H2,1-3H3. The summed E-state index contributed by atoms with van der Waals surface area (Å²) in [5.41, 5.74) is 2.50. The number of ether oxygens (including phenoxy) is 1. The highest BCUT2D eigenvalue weighted by Crippen LogP contribution is 2.16. The second kappa shape index (κ2) is 6.81. The average molecular weight is 277 g/mol. The van der Waals surface area contributed by atoms with Gasteiger partial charge in [-0.05, 0) is 20.4 Å². The van der Waals surface area contributed by atoms with Crippen molar-refractivity contribution in [2.45, 2.75) is 40.1 Å².